The fourth-order valence-corrected chi connectivity index (χ4v) is 3.70. The Bertz CT molecular complexity index is 503. The maximum atomic E-state index is 12.4. The zero-order valence-electron chi connectivity index (χ0n) is 12.8. The Morgan fingerprint density at radius 1 is 1.43 bits per heavy atom. The Kier molecular flexibility index (Phi) is 4.56. The molecule has 1 aromatic rings. The third-order valence-corrected chi connectivity index (χ3v) is 4.68. The first-order chi connectivity index (χ1) is 10.3. The van der Waals surface area contributed by atoms with Gasteiger partial charge in [-0.15, -0.1) is 0 Å². The van der Waals surface area contributed by atoms with Crippen molar-refractivity contribution in [3.05, 3.63) is 35.4 Å². The van der Waals surface area contributed by atoms with Gasteiger partial charge < -0.3 is 10.6 Å². The highest BCUT2D eigenvalue weighted by Crippen LogP contribution is 2.35. The molecule has 21 heavy (non-hydrogen) atoms. The van der Waals surface area contributed by atoms with Gasteiger partial charge in [0.25, 0.3) is 0 Å². The van der Waals surface area contributed by atoms with Gasteiger partial charge >= 0.3 is 0 Å². The van der Waals surface area contributed by atoms with Crippen molar-refractivity contribution in [3.63, 3.8) is 0 Å². The average molecular weight is 287 g/mol. The van der Waals surface area contributed by atoms with Gasteiger partial charge in [-0.3, -0.25) is 9.69 Å². The molecule has 0 saturated carbocycles. The molecule has 2 N–H and O–H groups in total. The highest BCUT2D eigenvalue weighted by molar-refractivity contribution is 5.82. The van der Waals surface area contributed by atoms with E-state index < -0.39 is 0 Å². The number of aryl methyl sites for hydroxylation is 1. The van der Waals surface area contributed by atoms with Crippen LogP contribution in [0.5, 0.6) is 0 Å². The fourth-order valence-electron chi connectivity index (χ4n) is 3.70. The molecular weight excluding hydrogens is 262 g/mol. The molecule has 4 heteroatoms. The molecule has 4 nitrogen and oxygen atoms in total. The Morgan fingerprint density at radius 3 is 3.14 bits per heavy atom. The van der Waals surface area contributed by atoms with Crippen LogP contribution in [-0.4, -0.2) is 43.0 Å². The zero-order valence-corrected chi connectivity index (χ0v) is 12.8. The summed E-state index contributed by atoms with van der Waals surface area (Å²) in [6.07, 6.45) is 3.55. The van der Waals surface area contributed by atoms with Gasteiger partial charge in [0.2, 0.25) is 5.91 Å². The molecule has 1 saturated heterocycles. The standard InChI is InChI=1S/C17H25N3O/c1-2-19-17(21)16-12-18-10-11-20(16)15-9-5-7-13-6-3-4-8-14(13)15/h3-4,6,8,15-16,18H,2,5,7,9-12H2,1H3,(H,19,21). The summed E-state index contributed by atoms with van der Waals surface area (Å²) in [4.78, 5) is 14.8. The SMILES string of the molecule is CCNC(=O)C1CNCCN1C1CCCc2ccccc21. The van der Waals surface area contributed by atoms with Gasteiger partial charge in [-0.05, 0) is 37.3 Å². The van der Waals surface area contributed by atoms with E-state index in [0.29, 0.717) is 12.6 Å². The van der Waals surface area contributed by atoms with Crippen molar-refractivity contribution in [2.45, 2.75) is 38.3 Å². The van der Waals surface area contributed by atoms with Gasteiger partial charge in [-0.1, -0.05) is 24.3 Å². The third-order valence-electron chi connectivity index (χ3n) is 4.68. The zero-order chi connectivity index (χ0) is 14.7. The summed E-state index contributed by atoms with van der Waals surface area (Å²) < 4.78 is 0. The highest BCUT2D eigenvalue weighted by atomic mass is 16.2. The summed E-state index contributed by atoms with van der Waals surface area (Å²) in [7, 11) is 0. The molecule has 2 unspecified atom stereocenters. The number of hydrogen-bond acceptors (Lipinski definition) is 3. The van der Waals surface area contributed by atoms with Crippen LogP contribution in [0.1, 0.15) is 36.9 Å². The van der Waals surface area contributed by atoms with E-state index in [1.807, 2.05) is 6.92 Å². The largest absolute Gasteiger partial charge is 0.355 e. The summed E-state index contributed by atoms with van der Waals surface area (Å²) in [5.74, 6) is 0.160. The second kappa shape index (κ2) is 6.58. The van der Waals surface area contributed by atoms with Crippen LogP contribution in [0.15, 0.2) is 24.3 Å². The maximum absolute atomic E-state index is 12.4. The fraction of sp³-hybridized carbons (Fsp3) is 0.588. The van der Waals surface area contributed by atoms with Crippen LogP contribution in [0.4, 0.5) is 0 Å². The summed E-state index contributed by atoms with van der Waals surface area (Å²) in [6.45, 7) is 5.35. The molecule has 3 rings (SSSR count). The number of nitrogens with zero attached hydrogens (tertiary/aromatic N) is 1. The number of hydrogen-bond donors (Lipinski definition) is 2. The number of benzene rings is 1. The topological polar surface area (TPSA) is 44.4 Å². The minimum Gasteiger partial charge on any atom is -0.355 e. The van der Waals surface area contributed by atoms with Gasteiger partial charge in [0.1, 0.15) is 6.04 Å². The van der Waals surface area contributed by atoms with Gasteiger partial charge in [-0.2, -0.15) is 0 Å². The van der Waals surface area contributed by atoms with E-state index in [4.69, 9.17) is 0 Å². The van der Waals surface area contributed by atoms with Crippen LogP contribution < -0.4 is 10.6 Å². The molecule has 0 radical (unpaired) electrons. The van der Waals surface area contributed by atoms with Crippen LogP contribution in [0, 0.1) is 0 Å². The van der Waals surface area contributed by atoms with E-state index in [2.05, 4.69) is 39.8 Å². The minimum atomic E-state index is -0.0464. The molecule has 1 aliphatic carbocycles. The van der Waals surface area contributed by atoms with Crippen LogP contribution in [0.3, 0.4) is 0 Å². The predicted octanol–water partition coefficient (Wildman–Crippen LogP) is 1.47. The first-order valence-electron chi connectivity index (χ1n) is 8.13. The molecule has 0 spiro atoms. The number of nitrogens with one attached hydrogen (secondary N) is 2. The van der Waals surface area contributed by atoms with Gasteiger partial charge in [0, 0.05) is 32.2 Å². The predicted molar refractivity (Wildman–Crippen MR) is 84.2 cm³/mol. The molecule has 1 fully saturated rings. The quantitative estimate of drug-likeness (QED) is 0.885. The van der Waals surface area contributed by atoms with Crippen LogP contribution in [-0.2, 0) is 11.2 Å². The maximum Gasteiger partial charge on any atom is 0.238 e. The lowest BCUT2D eigenvalue weighted by molar-refractivity contribution is -0.128. The van der Waals surface area contributed by atoms with E-state index in [1.165, 1.54) is 24.0 Å². The van der Waals surface area contributed by atoms with Crippen molar-refractivity contribution in [1.29, 1.82) is 0 Å². The average Bonchev–Trinajstić information content (AvgIpc) is 2.54. The van der Waals surface area contributed by atoms with E-state index >= 15 is 0 Å². The highest BCUT2D eigenvalue weighted by Gasteiger charge is 2.35. The van der Waals surface area contributed by atoms with Gasteiger partial charge in [-0.25, -0.2) is 0 Å². The number of amides is 1. The van der Waals surface area contributed by atoms with E-state index in [9.17, 15) is 4.79 Å². The Morgan fingerprint density at radius 2 is 2.29 bits per heavy atom. The molecule has 114 valence electrons. The van der Waals surface area contributed by atoms with E-state index in [1.54, 1.807) is 0 Å². The Labute approximate surface area is 126 Å². The van der Waals surface area contributed by atoms with Crippen molar-refractivity contribution in [1.82, 2.24) is 15.5 Å². The third kappa shape index (κ3) is 2.97. The van der Waals surface area contributed by atoms with Crippen LogP contribution in [0.25, 0.3) is 0 Å². The Hall–Kier alpha value is -1.39. The van der Waals surface area contributed by atoms with Crippen molar-refractivity contribution in [2.75, 3.05) is 26.2 Å². The lowest BCUT2D eigenvalue weighted by atomic mass is 9.85. The monoisotopic (exact) mass is 287 g/mol. The first-order valence-corrected chi connectivity index (χ1v) is 8.13. The van der Waals surface area contributed by atoms with E-state index in [-0.39, 0.29) is 11.9 Å². The second-order valence-electron chi connectivity index (χ2n) is 5.96. The molecule has 1 amide bonds. The summed E-state index contributed by atoms with van der Waals surface area (Å²) >= 11 is 0. The number of carbonyl (C=O) groups is 1. The first kappa shape index (κ1) is 14.5. The van der Waals surface area contributed by atoms with E-state index in [0.717, 1.165) is 26.1 Å². The molecule has 1 heterocycles. The van der Waals surface area contributed by atoms with Crippen LogP contribution >= 0.6 is 0 Å². The second-order valence-corrected chi connectivity index (χ2v) is 5.96. The molecule has 1 aliphatic heterocycles. The van der Waals surface area contributed by atoms with Crippen molar-refractivity contribution in [2.24, 2.45) is 0 Å². The van der Waals surface area contributed by atoms with Crippen LogP contribution in [0.2, 0.25) is 0 Å². The lowest BCUT2D eigenvalue weighted by Gasteiger charge is -2.42. The minimum absolute atomic E-state index is 0.0464. The van der Waals surface area contributed by atoms with Crippen molar-refractivity contribution < 1.29 is 4.79 Å². The summed E-state index contributed by atoms with van der Waals surface area (Å²) in [6, 6.07) is 9.08. The number of rotatable bonds is 3. The number of likely N-dealkylation sites (N-methyl/N-ethyl adjacent to an activating group) is 1. The number of fused-ring (bicyclic) bond motifs is 1. The molecular formula is C17H25N3O. The summed E-state index contributed by atoms with van der Waals surface area (Å²) in [5, 5.41) is 6.35. The lowest BCUT2D eigenvalue weighted by Crippen LogP contribution is -2.58. The summed E-state index contributed by atoms with van der Waals surface area (Å²) in [5.41, 5.74) is 2.89. The normalized spacial score (nSPS) is 26.1. The molecule has 2 atom stereocenters. The number of piperazine rings is 1. The number of carbonyl (C=O) groups excluding carboxylic acids is 1. The Balaban J connectivity index is 1.85. The molecule has 0 bridgehead atoms. The van der Waals surface area contributed by atoms with Crippen molar-refractivity contribution >= 4 is 5.91 Å². The molecule has 1 aromatic carbocycles. The smallest absolute Gasteiger partial charge is 0.238 e. The molecule has 0 aromatic heterocycles. The van der Waals surface area contributed by atoms with Crippen molar-refractivity contribution in [3.8, 4) is 0 Å². The van der Waals surface area contributed by atoms with Gasteiger partial charge in [0.05, 0.1) is 0 Å². The van der Waals surface area contributed by atoms with Gasteiger partial charge in [0.15, 0.2) is 0 Å². The molecule has 2 aliphatic rings.